The third-order valence-electron chi connectivity index (χ3n) is 3.77. The van der Waals surface area contributed by atoms with Crippen molar-refractivity contribution < 1.29 is 23.4 Å². The van der Waals surface area contributed by atoms with Crippen LogP contribution in [0, 0.1) is 23.5 Å². The third kappa shape index (κ3) is 4.97. The van der Waals surface area contributed by atoms with Gasteiger partial charge in [0, 0.05) is 30.6 Å². The summed E-state index contributed by atoms with van der Waals surface area (Å²) < 4.78 is 32.6. The van der Waals surface area contributed by atoms with Crippen LogP contribution in [0.25, 0.3) is 0 Å². The molecule has 0 heterocycles. The average Bonchev–Trinajstić information content (AvgIpc) is 3.24. The molecule has 1 aromatic rings. The van der Waals surface area contributed by atoms with Crippen LogP contribution in [0.3, 0.4) is 0 Å². The van der Waals surface area contributed by atoms with E-state index in [2.05, 4.69) is 5.32 Å². The van der Waals surface area contributed by atoms with E-state index in [1.807, 2.05) is 13.8 Å². The average molecular weight is 327 g/mol. The van der Waals surface area contributed by atoms with Crippen LogP contribution >= 0.6 is 0 Å². The molecule has 2 rings (SSSR count). The lowest BCUT2D eigenvalue weighted by molar-refractivity contribution is -0.123. The predicted molar refractivity (Wildman–Crippen MR) is 81.9 cm³/mol. The summed E-state index contributed by atoms with van der Waals surface area (Å²) in [5.74, 6) is -2.02. The van der Waals surface area contributed by atoms with Gasteiger partial charge in [0.15, 0.2) is 0 Å². The molecule has 1 saturated carbocycles. The lowest BCUT2D eigenvalue weighted by atomic mass is 10.1. The highest BCUT2D eigenvalue weighted by atomic mass is 19.1. The Bertz CT molecular complexity index is 530. The lowest BCUT2D eigenvalue weighted by Gasteiger charge is -2.13. The van der Waals surface area contributed by atoms with Gasteiger partial charge in [-0.2, -0.15) is 0 Å². The minimum atomic E-state index is -0.792. The molecule has 6 heteroatoms. The van der Waals surface area contributed by atoms with Crippen LogP contribution in [0.5, 0.6) is 0 Å². The van der Waals surface area contributed by atoms with Crippen molar-refractivity contribution in [1.82, 2.24) is 5.32 Å². The molecule has 4 nitrogen and oxygen atoms in total. The van der Waals surface area contributed by atoms with E-state index >= 15 is 0 Å². The van der Waals surface area contributed by atoms with Crippen LogP contribution in [0.1, 0.15) is 31.7 Å². The number of aliphatic hydroxyl groups is 1. The Hall–Kier alpha value is -1.53. The van der Waals surface area contributed by atoms with E-state index in [-0.39, 0.29) is 24.6 Å². The van der Waals surface area contributed by atoms with E-state index < -0.39 is 29.6 Å². The highest BCUT2D eigenvalue weighted by molar-refractivity contribution is 5.82. The Balaban J connectivity index is 1.76. The number of halogens is 2. The van der Waals surface area contributed by atoms with E-state index in [1.54, 1.807) is 0 Å². The van der Waals surface area contributed by atoms with Gasteiger partial charge in [-0.3, -0.25) is 4.79 Å². The zero-order valence-electron chi connectivity index (χ0n) is 13.4. The summed E-state index contributed by atoms with van der Waals surface area (Å²) in [6, 6.07) is 3.70. The second-order valence-electron chi connectivity index (χ2n) is 6.41. The maximum absolute atomic E-state index is 13.7. The first-order valence-corrected chi connectivity index (χ1v) is 7.87. The van der Waals surface area contributed by atoms with E-state index in [0.29, 0.717) is 18.9 Å². The van der Waals surface area contributed by atoms with Crippen molar-refractivity contribution in [2.75, 3.05) is 19.8 Å². The maximum atomic E-state index is 13.7. The minimum absolute atomic E-state index is 0.0199. The van der Waals surface area contributed by atoms with Crippen molar-refractivity contribution in [1.29, 1.82) is 0 Å². The largest absolute Gasteiger partial charge is 0.389 e. The quantitative estimate of drug-likeness (QED) is 0.770. The Morgan fingerprint density at radius 3 is 2.61 bits per heavy atom. The van der Waals surface area contributed by atoms with Crippen molar-refractivity contribution in [3.05, 3.63) is 35.4 Å². The van der Waals surface area contributed by atoms with Crippen molar-refractivity contribution in [2.45, 2.75) is 32.3 Å². The van der Waals surface area contributed by atoms with E-state index in [1.165, 1.54) is 18.2 Å². The van der Waals surface area contributed by atoms with Crippen LogP contribution in [-0.4, -0.2) is 36.9 Å². The lowest BCUT2D eigenvalue weighted by Crippen LogP contribution is -2.35. The molecule has 0 aliphatic heterocycles. The molecule has 0 unspecified atom stereocenters. The fourth-order valence-electron chi connectivity index (χ4n) is 2.52. The maximum Gasteiger partial charge on any atom is 0.223 e. The van der Waals surface area contributed by atoms with Gasteiger partial charge in [-0.15, -0.1) is 0 Å². The molecule has 128 valence electrons. The molecular formula is C17H23F2NO3. The summed E-state index contributed by atoms with van der Waals surface area (Å²) in [4.78, 5) is 12.0. The molecule has 0 bridgehead atoms. The molecule has 0 spiro atoms. The van der Waals surface area contributed by atoms with Crippen molar-refractivity contribution in [3.63, 3.8) is 0 Å². The number of hydrogen-bond donors (Lipinski definition) is 2. The molecule has 0 saturated heterocycles. The van der Waals surface area contributed by atoms with Gasteiger partial charge in [0.1, 0.15) is 11.6 Å². The summed E-state index contributed by atoms with van der Waals surface area (Å²) in [6.07, 6.45) is -0.371. The van der Waals surface area contributed by atoms with Gasteiger partial charge in [-0.05, 0) is 24.5 Å². The number of amides is 1. The van der Waals surface area contributed by atoms with Crippen LogP contribution in [0.15, 0.2) is 18.2 Å². The number of nitrogens with one attached hydrogen (secondary N) is 1. The summed E-state index contributed by atoms with van der Waals surface area (Å²) in [5, 5.41) is 12.3. The van der Waals surface area contributed by atoms with Gasteiger partial charge in [0.25, 0.3) is 0 Å². The Labute approximate surface area is 134 Å². The smallest absolute Gasteiger partial charge is 0.223 e. The van der Waals surface area contributed by atoms with Crippen LogP contribution in [0.2, 0.25) is 0 Å². The van der Waals surface area contributed by atoms with Crippen LogP contribution in [-0.2, 0) is 9.53 Å². The zero-order chi connectivity index (χ0) is 17.0. The first-order valence-electron chi connectivity index (χ1n) is 7.87. The van der Waals surface area contributed by atoms with E-state index in [9.17, 15) is 18.7 Å². The van der Waals surface area contributed by atoms with Crippen molar-refractivity contribution in [2.24, 2.45) is 11.8 Å². The van der Waals surface area contributed by atoms with E-state index in [4.69, 9.17) is 4.74 Å². The van der Waals surface area contributed by atoms with Gasteiger partial charge < -0.3 is 15.2 Å². The van der Waals surface area contributed by atoms with Crippen molar-refractivity contribution in [3.8, 4) is 0 Å². The predicted octanol–water partition coefficient (Wildman–Crippen LogP) is 2.22. The standard InChI is InChI=1S/C17H23F2NO3/c1-10(2)8-23-9-11(21)7-20-17(22)13-6-12(13)16-14(18)4-3-5-15(16)19/h3-5,10-13,21H,6-9H2,1-2H3,(H,20,22)/t11-,12-,13+/m1/s1. The van der Waals surface area contributed by atoms with Crippen molar-refractivity contribution >= 4 is 5.91 Å². The molecule has 1 aliphatic rings. The molecule has 1 aliphatic carbocycles. The summed E-state index contributed by atoms with van der Waals surface area (Å²) in [6.45, 7) is 4.77. The fraction of sp³-hybridized carbons (Fsp3) is 0.588. The summed E-state index contributed by atoms with van der Waals surface area (Å²) >= 11 is 0. The molecule has 0 aromatic heterocycles. The number of ether oxygens (including phenoxy) is 1. The Morgan fingerprint density at radius 1 is 1.35 bits per heavy atom. The Morgan fingerprint density at radius 2 is 2.00 bits per heavy atom. The van der Waals surface area contributed by atoms with Gasteiger partial charge >= 0.3 is 0 Å². The molecule has 2 N–H and O–H groups in total. The number of benzene rings is 1. The van der Waals surface area contributed by atoms with Crippen LogP contribution < -0.4 is 5.32 Å². The van der Waals surface area contributed by atoms with Crippen LogP contribution in [0.4, 0.5) is 8.78 Å². The highest BCUT2D eigenvalue weighted by Gasteiger charge is 2.46. The first-order chi connectivity index (χ1) is 10.9. The number of carbonyl (C=O) groups excluding carboxylic acids is 1. The molecule has 1 aromatic carbocycles. The number of aliphatic hydroxyl groups excluding tert-OH is 1. The second kappa shape index (κ2) is 7.84. The van der Waals surface area contributed by atoms with Gasteiger partial charge in [-0.1, -0.05) is 19.9 Å². The normalized spacial score (nSPS) is 21.3. The molecule has 1 fully saturated rings. The number of carbonyl (C=O) groups is 1. The molecule has 1 amide bonds. The third-order valence-corrected chi connectivity index (χ3v) is 3.77. The van der Waals surface area contributed by atoms with Gasteiger partial charge in [-0.25, -0.2) is 8.78 Å². The first kappa shape index (κ1) is 17.8. The molecule has 23 heavy (non-hydrogen) atoms. The number of hydrogen-bond acceptors (Lipinski definition) is 3. The fourth-order valence-corrected chi connectivity index (χ4v) is 2.52. The zero-order valence-corrected chi connectivity index (χ0v) is 13.4. The highest BCUT2D eigenvalue weighted by Crippen LogP contribution is 2.49. The monoisotopic (exact) mass is 327 g/mol. The number of rotatable bonds is 8. The summed E-state index contributed by atoms with van der Waals surface area (Å²) in [5.41, 5.74) is -0.0199. The minimum Gasteiger partial charge on any atom is -0.389 e. The molecule has 3 atom stereocenters. The SMILES string of the molecule is CC(C)COC[C@H](O)CNC(=O)[C@H]1C[C@H]1c1c(F)cccc1F. The topological polar surface area (TPSA) is 58.6 Å². The molecule has 0 radical (unpaired) electrons. The summed E-state index contributed by atoms with van der Waals surface area (Å²) in [7, 11) is 0. The van der Waals surface area contributed by atoms with Gasteiger partial charge in [0.05, 0.1) is 12.7 Å². The molecular weight excluding hydrogens is 304 g/mol. The second-order valence-corrected chi connectivity index (χ2v) is 6.41. The van der Waals surface area contributed by atoms with E-state index in [0.717, 1.165) is 0 Å². The van der Waals surface area contributed by atoms with Gasteiger partial charge in [0.2, 0.25) is 5.91 Å². The Kier molecular flexibility index (Phi) is 6.07.